The Labute approximate surface area is 114 Å². The highest BCUT2D eigenvalue weighted by atomic mass is 32.2. The summed E-state index contributed by atoms with van der Waals surface area (Å²) in [6, 6.07) is 7.00. The summed E-state index contributed by atoms with van der Waals surface area (Å²) >= 11 is 0. The smallest absolute Gasteiger partial charge is 0.224 e. The number of benzene rings is 1. The van der Waals surface area contributed by atoms with Crippen LogP contribution in [0.25, 0.3) is 0 Å². The van der Waals surface area contributed by atoms with E-state index in [0.717, 1.165) is 5.56 Å². The van der Waals surface area contributed by atoms with Gasteiger partial charge in [-0.15, -0.1) is 0 Å². The number of nitrogen functional groups attached to an aromatic ring is 1. The van der Waals surface area contributed by atoms with Gasteiger partial charge < -0.3 is 11.1 Å². The quantitative estimate of drug-likeness (QED) is 0.781. The molecular formula is C13H20N2O3S. The van der Waals surface area contributed by atoms with Gasteiger partial charge in [0.15, 0.2) is 9.84 Å². The lowest BCUT2D eigenvalue weighted by atomic mass is 10.1. The largest absolute Gasteiger partial charge is 0.399 e. The number of nitrogens with one attached hydrogen (secondary N) is 1. The first kappa shape index (κ1) is 15.5. The monoisotopic (exact) mass is 284 g/mol. The molecule has 0 spiro atoms. The molecule has 5 nitrogen and oxygen atoms in total. The molecule has 6 heteroatoms. The molecule has 0 heterocycles. The van der Waals surface area contributed by atoms with Crippen molar-refractivity contribution >= 4 is 21.4 Å². The molecule has 0 unspecified atom stereocenters. The maximum Gasteiger partial charge on any atom is 0.224 e. The molecule has 0 atom stereocenters. The molecule has 1 aromatic carbocycles. The fourth-order valence-electron chi connectivity index (χ4n) is 1.33. The zero-order valence-electron chi connectivity index (χ0n) is 11.4. The van der Waals surface area contributed by atoms with Crippen LogP contribution in [-0.4, -0.2) is 31.9 Å². The molecule has 0 aliphatic heterocycles. The second-order valence-electron chi connectivity index (χ2n) is 5.23. The van der Waals surface area contributed by atoms with Crippen LogP contribution in [0.4, 0.5) is 5.69 Å². The molecule has 0 aliphatic carbocycles. The van der Waals surface area contributed by atoms with Gasteiger partial charge >= 0.3 is 0 Å². The summed E-state index contributed by atoms with van der Waals surface area (Å²) in [7, 11) is -3.21. The van der Waals surface area contributed by atoms with E-state index in [2.05, 4.69) is 5.32 Å². The van der Waals surface area contributed by atoms with E-state index in [0.29, 0.717) is 5.69 Å². The fraction of sp³-hybridized carbons (Fsp3) is 0.462. The van der Waals surface area contributed by atoms with E-state index in [1.165, 1.54) is 6.26 Å². The molecule has 0 fully saturated rings. The number of rotatable bonds is 5. The highest BCUT2D eigenvalue weighted by molar-refractivity contribution is 7.92. The average molecular weight is 284 g/mol. The number of nitrogens with two attached hydrogens (primary N) is 1. The van der Waals surface area contributed by atoms with Crippen LogP contribution in [0.5, 0.6) is 0 Å². The highest BCUT2D eigenvalue weighted by Crippen LogP contribution is 2.13. The number of sulfone groups is 1. The van der Waals surface area contributed by atoms with Crippen LogP contribution in [0, 0.1) is 0 Å². The lowest BCUT2D eigenvalue weighted by Gasteiger charge is -2.22. The van der Waals surface area contributed by atoms with Gasteiger partial charge in [0.05, 0.1) is 11.2 Å². The Bertz CT molecular complexity index is 548. The first-order valence-corrected chi connectivity index (χ1v) is 7.82. The summed E-state index contributed by atoms with van der Waals surface area (Å²) in [6.07, 6.45) is 1.37. The van der Waals surface area contributed by atoms with Gasteiger partial charge in [-0.1, -0.05) is 12.1 Å². The van der Waals surface area contributed by atoms with E-state index < -0.39 is 14.6 Å². The Hall–Kier alpha value is -1.56. The summed E-state index contributed by atoms with van der Waals surface area (Å²) in [4.78, 5) is 11.7. The Kier molecular flexibility index (Phi) is 4.57. The van der Waals surface area contributed by atoms with Crippen LogP contribution in [0.1, 0.15) is 19.4 Å². The molecular weight excluding hydrogens is 264 g/mol. The molecule has 0 radical (unpaired) electrons. The Morgan fingerprint density at radius 2 is 1.79 bits per heavy atom. The van der Waals surface area contributed by atoms with Gasteiger partial charge in [0.2, 0.25) is 5.91 Å². The lowest BCUT2D eigenvalue weighted by molar-refractivity contribution is -0.120. The van der Waals surface area contributed by atoms with Crippen LogP contribution in [0.2, 0.25) is 0 Å². The lowest BCUT2D eigenvalue weighted by Crippen LogP contribution is -2.44. The molecule has 0 saturated carbocycles. The number of anilines is 1. The van der Waals surface area contributed by atoms with Gasteiger partial charge in [0.1, 0.15) is 0 Å². The predicted molar refractivity (Wildman–Crippen MR) is 76.5 cm³/mol. The van der Waals surface area contributed by atoms with Crippen LogP contribution >= 0.6 is 0 Å². The predicted octanol–water partition coefficient (Wildman–Crippen LogP) is 0.751. The zero-order chi connectivity index (χ0) is 14.7. The minimum Gasteiger partial charge on any atom is -0.399 e. The summed E-state index contributed by atoms with van der Waals surface area (Å²) in [5, 5.41) is 2.64. The standard InChI is InChI=1S/C13H20N2O3S/c1-13(2,19(3,17)18)9-15-12(16)8-10-4-6-11(14)7-5-10/h4-7H,8-9,14H2,1-3H3,(H,15,16). The normalized spacial score (nSPS) is 12.2. The van der Waals surface area contributed by atoms with Crippen LogP contribution in [0.15, 0.2) is 24.3 Å². The highest BCUT2D eigenvalue weighted by Gasteiger charge is 2.30. The number of hydrogen-bond donors (Lipinski definition) is 2. The molecule has 106 valence electrons. The third kappa shape index (κ3) is 4.55. The molecule has 0 saturated heterocycles. The van der Waals surface area contributed by atoms with E-state index in [1.54, 1.807) is 38.1 Å². The van der Waals surface area contributed by atoms with E-state index in [9.17, 15) is 13.2 Å². The Morgan fingerprint density at radius 1 is 1.26 bits per heavy atom. The molecule has 1 aromatic rings. The van der Waals surface area contributed by atoms with Gasteiger partial charge in [-0.2, -0.15) is 0 Å². The van der Waals surface area contributed by atoms with Crippen molar-refractivity contribution in [3.05, 3.63) is 29.8 Å². The van der Waals surface area contributed by atoms with Crippen molar-refractivity contribution in [2.24, 2.45) is 0 Å². The first-order chi connectivity index (χ1) is 8.62. The number of amides is 1. The van der Waals surface area contributed by atoms with Gasteiger partial charge in [-0.3, -0.25) is 4.79 Å². The van der Waals surface area contributed by atoms with E-state index in [-0.39, 0.29) is 18.9 Å². The minimum atomic E-state index is -3.21. The maximum atomic E-state index is 11.7. The minimum absolute atomic E-state index is 0.0969. The second-order valence-corrected chi connectivity index (χ2v) is 7.88. The Morgan fingerprint density at radius 3 is 2.26 bits per heavy atom. The van der Waals surface area contributed by atoms with Gasteiger partial charge in [-0.05, 0) is 31.5 Å². The van der Waals surface area contributed by atoms with Crippen molar-refractivity contribution in [3.8, 4) is 0 Å². The summed E-state index contributed by atoms with van der Waals surface area (Å²) in [6.45, 7) is 3.28. The third-order valence-electron chi connectivity index (χ3n) is 3.06. The van der Waals surface area contributed by atoms with Gasteiger partial charge in [0.25, 0.3) is 0 Å². The average Bonchev–Trinajstić information content (AvgIpc) is 2.28. The van der Waals surface area contributed by atoms with Crippen molar-refractivity contribution in [3.63, 3.8) is 0 Å². The topological polar surface area (TPSA) is 89.3 Å². The summed E-state index contributed by atoms with van der Waals surface area (Å²) in [5.41, 5.74) is 7.03. The van der Waals surface area contributed by atoms with Gasteiger partial charge in [0, 0.05) is 18.5 Å². The van der Waals surface area contributed by atoms with Crippen LogP contribution in [-0.2, 0) is 21.1 Å². The SMILES string of the molecule is CC(C)(CNC(=O)Cc1ccc(N)cc1)S(C)(=O)=O. The van der Waals surface area contributed by atoms with E-state index in [1.807, 2.05) is 0 Å². The Balaban J connectivity index is 2.55. The first-order valence-electron chi connectivity index (χ1n) is 5.92. The molecule has 3 N–H and O–H groups in total. The zero-order valence-corrected chi connectivity index (χ0v) is 12.3. The number of carbonyl (C=O) groups is 1. The molecule has 1 rings (SSSR count). The molecule has 19 heavy (non-hydrogen) atoms. The van der Waals surface area contributed by atoms with Crippen LogP contribution < -0.4 is 11.1 Å². The maximum absolute atomic E-state index is 11.7. The van der Waals surface area contributed by atoms with Crippen molar-refractivity contribution < 1.29 is 13.2 Å². The van der Waals surface area contributed by atoms with Crippen molar-refractivity contribution in [1.82, 2.24) is 5.32 Å². The van der Waals surface area contributed by atoms with Crippen molar-refractivity contribution in [1.29, 1.82) is 0 Å². The van der Waals surface area contributed by atoms with Crippen molar-refractivity contribution in [2.75, 3.05) is 18.5 Å². The number of carbonyl (C=O) groups excluding carboxylic acids is 1. The number of hydrogen-bond acceptors (Lipinski definition) is 4. The van der Waals surface area contributed by atoms with E-state index >= 15 is 0 Å². The molecule has 0 aliphatic rings. The fourth-order valence-corrected chi connectivity index (χ4v) is 1.66. The van der Waals surface area contributed by atoms with E-state index in [4.69, 9.17) is 5.73 Å². The molecule has 0 bridgehead atoms. The van der Waals surface area contributed by atoms with Gasteiger partial charge in [-0.25, -0.2) is 8.42 Å². The molecule has 1 amide bonds. The van der Waals surface area contributed by atoms with Crippen LogP contribution in [0.3, 0.4) is 0 Å². The summed E-state index contributed by atoms with van der Waals surface area (Å²) < 4.78 is 22.0. The second kappa shape index (κ2) is 5.61. The van der Waals surface area contributed by atoms with Crippen molar-refractivity contribution in [2.45, 2.75) is 25.0 Å². The summed E-state index contributed by atoms with van der Waals surface area (Å²) in [5.74, 6) is -0.207. The molecule has 0 aromatic heterocycles. The third-order valence-corrected chi connectivity index (χ3v) is 5.21.